The molecule has 4 aliphatic heterocycles. The fourth-order valence-electron chi connectivity index (χ4n) is 7.16. The summed E-state index contributed by atoms with van der Waals surface area (Å²) in [5.41, 5.74) is -0.303. The first-order chi connectivity index (χ1) is 23.1. The number of esters is 3. The molecule has 1 N–H and O–H groups in total. The van der Waals surface area contributed by atoms with E-state index in [1.54, 1.807) is 27.7 Å². The smallest absolute Gasteiger partial charge is 0.303 e. The van der Waals surface area contributed by atoms with Gasteiger partial charge >= 0.3 is 17.9 Å². The van der Waals surface area contributed by atoms with Gasteiger partial charge in [0.05, 0.1) is 12.2 Å². The molecule has 16 nitrogen and oxygen atoms in total. The Labute approximate surface area is 291 Å². The minimum atomic E-state index is -1.35. The molecule has 4 saturated heterocycles. The average Bonchev–Trinajstić information content (AvgIpc) is 3.45. The number of rotatable bonds is 9. The summed E-state index contributed by atoms with van der Waals surface area (Å²) >= 11 is 0. The zero-order valence-corrected chi connectivity index (χ0v) is 30.2. The largest absolute Gasteiger partial charge is 0.511 e. The van der Waals surface area contributed by atoms with E-state index in [1.165, 1.54) is 20.8 Å². The maximum absolute atomic E-state index is 13.3. The Morgan fingerprint density at radius 2 is 1.36 bits per heavy atom. The molecule has 0 aromatic carbocycles. The SMILES string of the molecule is CC(=O)OC[C@H]1O[C@@H](OC[C@H]2O[C@@H]3OC(C)(C)O[C@@H]3[C@H]3OC(C)(C)O[C@H]32)[C@H](N=C(C)C2=C(O)CC(C)(C)CC2=O)[C@@H](OC(C)=O)[C@@H]1OC(C)=O. The van der Waals surface area contributed by atoms with Gasteiger partial charge in [-0.2, -0.15) is 0 Å². The van der Waals surface area contributed by atoms with E-state index >= 15 is 0 Å². The zero-order valence-electron chi connectivity index (χ0n) is 30.2. The van der Waals surface area contributed by atoms with E-state index < -0.39 is 96.2 Å². The Morgan fingerprint density at radius 3 is 1.98 bits per heavy atom. The molecule has 4 fully saturated rings. The van der Waals surface area contributed by atoms with E-state index in [9.17, 15) is 24.3 Å². The number of fused-ring (bicyclic) bond motifs is 3. The second-order valence-electron chi connectivity index (χ2n) is 15.0. The predicted molar refractivity (Wildman–Crippen MR) is 169 cm³/mol. The number of allylic oxidation sites excluding steroid dienone is 2. The minimum Gasteiger partial charge on any atom is -0.511 e. The molecule has 10 atom stereocenters. The number of carbonyl (C=O) groups excluding carboxylic acids is 4. The maximum atomic E-state index is 13.3. The molecule has 50 heavy (non-hydrogen) atoms. The van der Waals surface area contributed by atoms with Gasteiger partial charge in [0.25, 0.3) is 0 Å². The van der Waals surface area contributed by atoms with Crippen molar-refractivity contribution < 1.29 is 71.7 Å². The lowest BCUT2D eigenvalue weighted by atomic mass is 9.75. The highest BCUT2D eigenvalue weighted by Crippen LogP contribution is 2.44. The number of carbonyl (C=O) groups is 4. The van der Waals surface area contributed by atoms with Gasteiger partial charge < -0.3 is 52.5 Å². The normalized spacial score (nSPS) is 37.5. The van der Waals surface area contributed by atoms with Crippen LogP contribution in [0.25, 0.3) is 0 Å². The first-order valence-corrected chi connectivity index (χ1v) is 16.8. The van der Waals surface area contributed by atoms with Gasteiger partial charge in [0.15, 0.2) is 42.1 Å². The number of hydrogen-bond donors (Lipinski definition) is 1. The molecule has 4 heterocycles. The van der Waals surface area contributed by atoms with Crippen molar-refractivity contribution in [2.24, 2.45) is 10.4 Å². The summed E-state index contributed by atoms with van der Waals surface area (Å²) in [6.45, 7) is 15.3. The van der Waals surface area contributed by atoms with Gasteiger partial charge in [0.2, 0.25) is 0 Å². The Kier molecular flexibility index (Phi) is 10.9. The molecular formula is C34H49NO15. The van der Waals surface area contributed by atoms with Gasteiger partial charge in [-0.15, -0.1) is 0 Å². The lowest BCUT2D eigenvalue weighted by Gasteiger charge is -2.44. The van der Waals surface area contributed by atoms with Crippen molar-refractivity contribution in [3.05, 3.63) is 11.3 Å². The Bertz CT molecular complexity index is 1420. The van der Waals surface area contributed by atoms with Crippen molar-refractivity contribution in [3.63, 3.8) is 0 Å². The maximum Gasteiger partial charge on any atom is 0.303 e. The van der Waals surface area contributed by atoms with Gasteiger partial charge in [-0.1, -0.05) is 13.8 Å². The number of ketones is 1. The summed E-state index contributed by atoms with van der Waals surface area (Å²) in [5.74, 6) is -4.47. The number of nitrogens with zero attached hydrogens (tertiary/aromatic N) is 1. The number of hydrogen-bond acceptors (Lipinski definition) is 16. The van der Waals surface area contributed by atoms with Crippen LogP contribution in [0.15, 0.2) is 16.3 Å². The van der Waals surface area contributed by atoms with Gasteiger partial charge in [-0.3, -0.25) is 24.2 Å². The topological polar surface area (TPSA) is 193 Å². The van der Waals surface area contributed by atoms with Gasteiger partial charge in [-0.25, -0.2) is 0 Å². The molecule has 5 rings (SSSR count). The summed E-state index contributed by atoms with van der Waals surface area (Å²) < 4.78 is 60.0. The summed E-state index contributed by atoms with van der Waals surface area (Å²) in [7, 11) is 0. The molecule has 0 bridgehead atoms. The van der Waals surface area contributed by atoms with Gasteiger partial charge in [0, 0.05) is 39.3 Å². The number of aliphatic hydroxyl groups is 1. The molecule has 0 saturated carbocycles. The van der Waals surface area contributed by atoms with E-state index in [0.717, 1.165) is 6.92 Å². The lowest BCUT2D eigenvalue weighted by Crippen LogP contribution is -2.62. The predicted octanol–water partition coefficient (Wildman–Crippen LogP) is 2.58. The quantitative estimate of drug-likeness (QED) is 0.208. The van der Waals surface area contributed by atoms with Gasteiger partial charge in [0.1, 0.15) is 48.9 Å². The Morgan fingerprint density at radius 1 is 0.760 bits per heavy atom. The van der Waals surface area contributed by atoms with Crippen LogP contribution in [0.1, 0.15) is 82.1 Å². The van der Waals surface area contributed by atoms with Crippen LogP contribution < -0.4 is 0 Å². The fourth-order valence-corrected chi connectivity index (χ4v) is 7.16. The van der Waals surface area contributed by atoms with Crippen LogP contribution in [0.2, 0.25) is 0 Å². The highest BCUT2D eigenvalue weighted by atomic mass is 16.9. The van der Waals surface area contributed by atoms with Crippen LogP contribution in [0.3, 0.4) is 0 Å². The third-order valence-electron chi connectivity index (χ3n) is 8.90. The van der Waals surface area contributed by atoms with Crippen molar-refractivity contribution in [1.29, 1.82) is 0 Å². The first-order valence-electron chi connectivity index (χ1n) is 16.8. The molecule has 0 spiro atoms. The molecule has 5 aliphatic rings. The number of aliphatic hydroxyl groups excluding tert-OH is 1. The molecule has 1 aliphatic carbocycles. The van der Waals surface area contributed by atoms with Crippen molar-refractivity contribution in [2.45, 2.75) is 155 Å². The second-order valence-corrected chi connectivity index (χ2v) is 15.0. The van der Waals surface area contributed by atoms with Crippen LogP contribution in [0.4, 0.5) is 0 Å². The van der Waals surface area contributed by atoms with Crippen molar-refractivity contribution >= 4 is 29.4 Å². The Hall–Kier alpha value is -2.99. The average molecular weight is 712 g/mol. The first kappa shape index (κ1) is 38.2. The minimum absolute atomic E-state index is 0.0277. The number of aliphatic imine (C=N–C) groups is 1. The molecule has 0 aromatic heterocycles. The monoisotopic (exact) mass is 711 g/mol. The fraction of sp³-hybridized carbons (Fsp3) is 0.794. The number of ether oxygens (including phenoxy) is 10. The molecule has 0 aromatic rings. The molecule has 0 amide bonds. The molecule has 16 heteroatoms. The highest BCUT2D eigenvalue weighted by Gasteiger charge is 2.61. The highest BCUT2D eigenvalue weighted by molar-refractivity contribution is 6.22. The second kappa shape index (κ2) is 14.2. The Balaban J connectivity index is 1.51. The van der Waals surface area contributed by atoms with E-state index in [2.05, 4.69) is 0 Å². The van der Waals surface area contributed by atoms with E-state index in [-0.39, 0.29) is 48.9 Å². The van der Waals surface area contributed by atoms with Crippen LogP contribution in [0.5, 0.6) is 0 Å². The summed E-state index contributed by atoms with van der Waals surface area (Å²) in [6, 6.07) is -1.26. The van der Waals surface area contributed by atoms with Crippen LogP contribution in [-0.4, -0.2) is 121 Å². The van der Waals surface area contributed by atoms with Crippen LogP contribution in [-0.2, 0) is 66.5 Å². The van der Waals surface area contributed by atoms with Crippen LogP contribution in [0, 0.1) is 5.41 Å². The molecule has 0 radical (unpaired) electrons. The van der Waals surface area contributed by atoms with Crippen molar-refractivity contribution in [3.8, 4) is 0 Å². The standard InChI is InChI=1S/C34H49NO15/c1-15(23-19(39)11-32(5,6)12-20(23)40)35-24-27(44-18(4)38)25(43-17(3)37)21(13-41-16(2)36)45-30(24)42-14-22-26-28(48-33(7,8)47-26)29-31(46-22)50-34(9,10)49-29/h21-22,24-31,39H,11-14H2,1-10H3/t21-,22-,24-,25-,26+,27-,28+,29-,30-,31-/m1/s1. The third kappa shape index (κ3) is 8.54. The molecular weight excluding hydrogens is 662 g/mol. The van der Waals surface area contributed by atoms with E-state index in [4.69, 9.17) is 52.4 Å². The lowest BCUT2D eigenvalue weighted by molar-refractivity contribution is -0.293. The van der Waals surface area contributed by atoms with Crippen molar-refractivity contribution in [1.82, 2.24) is 0 Å². The van der Waals surface area contributed by atoms with E-state index in [0.29, 0.717) is 0 Å². The number of Topliss-reactive ketones (excluding diaryl/α,β-unsaturated/α-hetero) is 1. The summed E-state index contributed by atoms with van der Waals surface area (Å²) in [6.07, 6.45) is -8.18. The summed E-state index contributed by atoms with van der Waals surface area (Å²) in [5, 5.41) is 10.9. The third-order valence-corrected chi connectivity index (χ3v) is 8.90. The van der Waals surface area contributed by atoms with Crippen molar-refractivity contribution in [2.75, 3.05) is 13.2 Å². The summed E-state index contributed by atoms with van der Waals surface area (Å²) in [4.78, 5) is 54.7. The van der Waals surface area contributed by atoms with Crippen LogP contribution >= 0.6 is 0 Å². The zero-order chi connectivity index (χ0) is 36.9. The molecule has 280 valence electrons. The van der Waals surface area contributed by atoms with E-state index in [1.807, 2.05) is 13.8 Å². The molecule has 0 unspecified atom stereocenters. The van der Waals surface area contributed by atoms with Gasteiger partial charge in [-0.05, 0) is 40.0 Å².